The van der Waals surface area contributed by atoms with E-state index in [1.165, 1.54) is 0 Å². The number of aromatic hydroxyl groups is 1. The molecule has 2 rings (SSSR count). The van der Waals surface area contributed by atoms with Crippen LogP contribution in [-0.4, -0.2) is 21.4 Å². The van der Waals surface area contributed by atoms with E-state index in [2.05, 4.69) is 0 Å². The van der Waals surface area contributed by atoms with Crippen LogP contribution < -0.4 is 5.56 Å². The van der Waals surface area contributed by atoms with Crippen molar-refractivity contribution >= 4 is 0 Å². The van der Waals surface area contributed by atoms with Crippen molar-refractivity contribution in [1.82, 2.24) is 4.57 Å². The van der Waals surface area contributed by atoms with Crippen LogP contribution in [0, 0.1) is 18.3 Å². The monoisotopic (exact) mass is 284 g/mol. The third-order valence-corrected chi connectivity index (χ3v) is 3.44. The van der Waals surface area contributed by atoms with E-state index >= 15 is 0 Å². The first-order valence-electron chi connectivity index (χ1n) is 6.65. The summed E-state index contributed by atoms with van der Waals surface area (Å²) < 4.78 is 1.14. The van der Waals surface area contributed by atoms with Gasteiger partial charge in [0.05, 0.1) is 5.69 Å². The summed E-state index contributed by atoms with van der Waals surface area (Å²) in [6.07, 6.45) is 0.849. The Balaban J connectivity index is 2.77. The molecule has 0 amide bonds. The Hall–Kier alpha value is -2.58. The number of nitriles is 1. The molecular weight excluding hydrogens is 268 g/mol. The molecule has 0 fully saturated rings. The molecule has 0 saturated heterocycles. The Morgan fingerprint density at radius 2 is 1.95 bits per heavy atom. The lowest BCUT2D eigenvalue weighted by Crippen LogP contribution is -2.24. The van der Waals surface area contributed by atoms with Gasteiger partial charge in [-0.3, -0.25) is 4.79 Å². The Labute approximate surface area is 122 Å². The van der Waals surface area contributed by atoms with Crippen molar-refractivity contribution < 1.29 is 10.2 Å². The van der Waals surface area contributed by atoms with Crippen molar-refractivity contribution in [3.05, 3.63) is 57.4 Å². The van der Waals surface area contributed by atoms with Crippen LogP contribution in [0.4, 0.5) is 0 Å². The highest BCUT2D eigenvalue weighted by Crippen LogP contribution is 2.25. The Kier molecular flexibility index (Phi) is 4.41. The van der Waals surface area contributed by atoms with E-state index in [9.17, 15) is 15.2 Å². The molecule has 1 heterocycles. The highest BCUT2D eigenvalue weighted by atomic mass is 16.3. The minimum atomic E-state index is -0.536. The molecule has 0 bridgehead atoms. The van der Waals surface area contributed by atoms with E-state index in [4.69, 9.17) is 5.11 Å². The van der Waals surface area contributed by atoms with E-state index in [0.717, 1.165) is 4.57 Å². The topological polar surface area (TPSA) is 86.2 Å². The van der Waals surface area contributed by atoms with Crippen LogP contribution in [-0.2, 0) is 6.42 Å². The van der Waals surface area contributed by atoms with Crippen LogP contribution in [0.15, 0.2) is 35.1 Å². The number of nitrogens with zero attached hydrogens (tertiary/aromatic N) is 2. The molecule has 0 aliphatic rings. The maximum atomic E-state index is 12.4. The van der Waals surface area contributed by atoms with Crippen molar-refractivity contribution in [3.8, 4) is 17.6 Å². The fraction of sp³-hybridized carbons (Fsp3) is 0.250. The third-order valence-electron chi connectivity index (χ3n) is 3.44. The second-order valence-corrected chi connectivity index (χ2v) is 4.72. The molecule has 108 valence electrons. The van der Waals surface area contributed by atoms with Gasteiger partial charge in [-0.2, -0.15) is 5.26 Å². The molecule has 2 N–H and O–H groups in total. The molecule has 0 spiro atoms. The van der Waals surface area contributed by atoms with Crippen molar-refractivity contribution in [2.24, 2.45) is 0 Å². The summed E-state index contributed by atoms with van der Waals surface area (Å²) in [5, 5.41) is 28.6. The number of pyridine rings is 1. The summed E-state index contributed by atoms with van der Waals surface area (Å²) in [6.45, 7) is 1.62. The summed E-state index contributed by atoms with van der Waals surface area (Å²) >= 11 is 0. The fourth-order valence-corrected chi connectivity index (χ4v) is 2.33. The number of para-hydroxylation sites is 1. The predicted octanol–water partition coefficient (Wildman–Crippen LogP) is 1.65. The largest absolute Gasteiger partial charge is 0.494 e. The molecule has 1 aromatic heterocycles. The average molecular weight is 284 g/mol. The molecule has 5 heteroatoms. The molecule has 0 aliphatic heterocycles. The molecule has 21 heavy (non-hydrogen) atoms. The molecule has 5 nitrogen and oxygen atoms in total. The van der Waals surface area contributed by atoms with Gasteiger partial charge < -0.3 is 10.2 Å². The predicted molar refractivity (Wildman–Crippen MR) is 78.6 cm³/mol. The minimum Gasteiger partial charge on any atom is -0.494 e. The number of hydrogen-bond donors (Lipinski definition) is 2. The van der Waals surface area contributed by atoms with Crippen molar-refractivity contribution in [3.63, 3.8) is 0 Å². The Morgan fingerprint density at radius 3 is 2.52 bits per heavy atom. The van der Waals surface area contributed by atoms with Crippen LogP contribution in [0.1, 0.15) is 23.1 Å². The standard InChI is InChI=1S/C16H16N2O3/c1-11-13(8-5-9-19)15(20)18(16(21)14(11)10-17)12-6-3-2-4-7-12/h2-4,6-7,19-20H,5,8-9H2,1H3. The first-order chi connectivity index (χ1) is 10.1. The molecule has 1 aromatic carbocycles. The molecular formula is C16H16N2O3. The summed E-state index contributed by atoms with van der Waals surface area (Å²) in [4.78, 5) is 12.4. The van der Waals surface area contributed by atoms with Crippen LogP contribution in [0.3, 0.4) is 0 Å². The van der Waals surface area contributed by atoms with Gasteiger partial charge in [0.2, 0.25) is 5.88 Å². The van der Waals surface area contributed by atoms with Crippen LogP contribution >= 0.6 is 0 Å². The average Bonchev–Trinajstić information content (AvgIpc) is 2.49. The summed E-state index contributed by atoms with van der Waals surface area (Å²) in [7, 11) is 0. The zero-order chi connectivity index (χ0) is 15.4. The molecule has 0 atom stereocenters. The summed E-state index contributed by atoms with van der Waals surface area (Å²) in [5.41, 5.74) is 0.975. The van der Waals surface area contributed by atoms with E-state index in [-0.39, 0.29) is 18.1 Å². The van der Waals surface area contributed by atoms with Crippen LogP contribution in [0.2, 0.25) is 0 Å². The normalized spacial score (nSPS) is 10.3. The maximum Gasteiger partial charge on any atom is 0.276 e. The smallest absolute Gasteiger partial charge is 0.276 e. The van der Waals surface area contributed by atoms with Gasteiger partial charge in [0, 0.05) is 12.2 Å². The molecule has 0 radical (unpaired) electrons. The quantitative estimate of drug-likeness (QED) is 0.893. The Bertz CT molecular complexity index is 743. The number of hydrogen-bond acceptors (Lipinski definition) is 4. The molecule has 0 aliphatic carbocycles. The number of aromatic nitrogens is 1. The lowest BCUT2D eigenvalue weighted by atomic mass is 10.0. The van der Waals surface area contributed by atoms with Crippen molar-refractivity contribution in [1.29, 1.82) is 5.26 Å². The van der Waals surface area contributed by atoms with Gasteiger partial charge in [0.1, 0.15) is 11.6 Å². The van der Waals surface area contributed by atoms with Gasteiger partial charge in [0.25, 0.3) is 5.56 Å². The number of benzene rings is 1. The number of aliphatic hydroxyl groups is 1. The van der Waals surface area contributed by atoms with Gasteiger partial charge in [0.15, 0.2) is 0 Å². The van der Waals surface area contributed by atoms with Crippen LogP contribution in [0.25, 0.3) is 5.69 Å². The molecule has 2 aromatic rings. The number of aliphatic hydroxyl groups excluding tert-OH is 1. The van der Waals surface area contributed by atoms with Gasteiger partial charge >= 0.3 is 0 Å². The molecule has 0 saturated carbocycles. The van der Waals surface area contributed by atoms with Gasteiger partial charge in [-0.05, 0) is 37.5 Å². The summed E-state index contributed by atoms with van der Waals surface area (Å²) in [5.74, 6) is -0.170. The number of rotatable bonds is 4. The van der Waals surface area contributed by atoms with Gasteiger partial charge in [-0.15, -0.1) is 0 Å². The second-order valence-electron chi connectivity index (χ2n) is 4.72. The highest BCUT2D eigenvalue weighted by molar-refractivity contribution is 5.49. The van der Waals surface area contributed by atoms with E-state index in [1.54, 1.807) is 37.3 Å². The second kappa shape index (κ2) is 6.25. The van der Waals surface area contributed by atoms with E-state index in [0.29, 0.717) is 29.7 Å². The van der Waals surface area contributed by atoms with Gasteiger partial charge in [-0.25, -0.2) is 4.57 Å². The Morgan fingerprint density at radius 1 is 1.29 bits per heavy atom. The SMILES string of the molecule is Cc1c(CCCO)c(O)n(-c2ccccc2)c(=O)c1C#N. The summed E-state index contributed by atoms with van der Waals surface area (Å²) in [6, 6.07) is 10.6. The first-order valence-corrected chi connectivity index (χ1v) is 6.65. The van der Waals surface area contributed by atoms with Crippen molar-refractivity contribution in [2.75, 3.05) is 6.61 Å². The first kappa shape index (κ1) is 14.8. The lowest BCUT2D eigenvalue weighted by Gasteiger charge is -2.15. The lowest BCUT2D eigenvalue weighted by molar-refractivity contribution is 0.287. The molecule has 0 unspecified atom stereocenters. The fourth-order valence-electron chi connectivity index (χ4n) is 2.33. The minimum absolute atomic E-state index is 0.0181. The van der Waals surface area contributed by atoms with E-state index < -0.39 is 5.56 Å². The van der Waals surface area contributed by atoms with Gasteiger partial charge in [-0.1, -0.05) is 18.2 Å². The van der Waals surface area contributed by atoms with Crippen molar-refractivity contribution in [2.45, 2.75) is 19.8 Å². The zero-order valence-electron chi connectivity index (χ0n) is 11.7. The zero-order valence-corrected chi connectivity index (χ0v) is 11.7. The van der Waals surface area contributed by atoms with Crippen LogP contribution in [0.5, 0.6) is 5.88 Å². The van der Waals surface area contributed by atoms with E-state index in [1.807, 2.05) is 6.07 Å². The highest BCUT2D eigenvalue weighted by Gasteiger charge is 2.19. The third kappa shape index (κ3) is 2.67. The maximum absolute atomic E-state index is 12.4.